The lowest BCUT2D eigenvalue weighted by atomic mass is 9.69. The average Bonchev–Trinajstić information content (AvgIpc) is 2.47. The molecule has 1 N–H and O–H groups in total. The van der Waals surface area contributed by atoms with Crippen molar-refractivity contribution in [1.29, 1.82) is 5.26 Å². The van der Waals surface area contributed by atoms with Crippen molar-refractivity contribution in [3.8, 4) is 11.8 Å². The van der Waals surface area contributed by atoms with E-state index in [0.717, 1.165) is 36.6 Å². The minimum atomic E-state index is -0.801. The van der Waals surface area contributed by atoms with Gasteiger partial charge in [-0.1, -0.05) is 35.2 Å². The van der Waals surface area contributed by atoms with Crippen molar-refractivity contribution in [1.82, 2.24) is 0 Å². The third kappa shape index (κ3) is 2.77. The SMILES string of the molecule is COc1ccc(Br)cc1C(O)C1(C#N)CCCCC1. The average molecular weight is 324 g/mol. The summed E-state index contributed by atoms with van der Waals surface area (Å²) in [5.41, 5.74) is 0.0205. The van der Waals surface area contributed by atoms with E-state index in [1.165, 1.54) is 0 Å². The molecule has 0 bridgehead atoms. The number of halogens is 1. The van der Waals surface area contributed by atoms with Gasteiger partial charge in [0, 0.05) is 10.0 Å². The third-order valence-corrected chi connectivity index (χ3v) is 4.47. The second-order valence-corrected chi connectivity index (χ2v) is 6.03. The number of benzene rings is 1. The maximum Gasteiger partial charge on any atom is 0.124 e. The van der Waals surface area contributed by atoms with E-state index in [0.29, 0.717) is 11.3 Å². The molecule has 0 saturated heterocycles. The van der Waals surface area contributed by atoms with Gasteiger partial charge in [-0.3, -0.25) is 0 Å². The second-order valence-electron chi connectivity index (χ2n) is 5.12. The Morgan fingerprint density at radius 2 is 2.05 bits per heavy atom. The van der Waals surface area contributed by atoms with Crippen molar-refractivity contribution >= 4 is 15.9 Å². The van der Waals surface area contributed by atoms with Gasteiger partial charge in [0.2, 0.25) is 0 Å². The number of ether oxygens (including phenoxy) is 1. The summed E-state index contributed by atoms with van der Waals surface area (Å²) in [6.45, 7) is 0. The summed E-state index contributed by atoms with van der Waals surface area (Å²) in [4.78, 5) is 0. The first-order valence-corrected chi connectivity index (χ1v) is 7.35. The highest BCUT2D eigenvalue weighted by Crippen LogP contribution is 2.47. The Hall–Kier alpha value is -1.05. The van der Waals surface area contributed by atoms with E-state index in [2.05, 4.69) is 22.0 Å². The number of nitriles is 1. The summed E-state index contributed by atoms with van der Waals surface area (Å²) in [6, 6.07) is 7.90. The van der Waals surface area contributed by atoms with Crippen LogP contribution in [-0.2, 0) is 0 Å². The highest BCUT2D eigenvalue weighted by Gasteiger charge is 2.41. The minimum Gasteiger partial charge on any atom is -0.496 e. The van der Waals surface area contributed by atoms with Crippen molar-refractivity contribution in [3.05, 3.63) is 28.2 Å². The summed E-state index contributed by atoms with van der Waals surface area (Å²) in [5, 5.41) is 20.3. The normalized spacial score (nSPS) is 19.5. The van der Waals surface area contributed by atoms with Gasteiger partial charge < -0.3 is 9.84 Å². The van der Waals surface area contributed by atoms with Crippen LogP contribution in [0.25, 0.3) is 0 Å². The van der Waals surface area contributed by atoms with Crippen molar-refractivity contribution in [2.75, 3.05) is 7.11 Å². The Morgan fingerprint density at radius 1 is 1.37 bits per heavy atom. The summed E-state index contributed by atoms with van der Waals surface area (Å²) in [6.07, 6.45) is 3.85. The molecule has 3 nitrogen and oxygen atoms in total. The maximum atomic E-state index is 10.7. The Bertz CT molecular complexity index is 489. The van der Waals surface area contributed by atoms with Crippen LogP contribution >= 0.6 is 15.9 Å². The second kappa shape index (κ2) is 5.94. The number of aliphatic hydroxyl groups excluding tert-OH is 1. The van der Waals surface area contributed by atoms with Crippen LogP contribution in [0.5, 0.6) is 5.75 Å². The molecule has 0 aliphatic heterocycles. The molecule has 1 aliphatic carbocycles. The quantitative estimate of drug-likeness (QED) is 0.915. The highest BCUT2D eigenvalue weighted by atomic mass is 79.9. The predicted octanol–water partition coefficient (Wildman–Crippen LogP) is 3.97. The fourth-order valence-electron chi connectivity index (χ4n) is 2.85. The molecule has 0 amide bonds. The number of hydrogen-bond acceptors (Lipinski definition) is 3. The molecule has 102 valence electrons. The summed E-state index contributed by atoms with van der Waals surface area (Å²) in [5.74, 6) is 0.635. The molecule has 0 radical (unpaired) electrons. The van der Waals surface area contributed by atoms with Crippen molar-refractivity contribution in [2.24, 2.45) is 5.41 Å². The molecule has 4 heteroatoms. The molecule has 2 rings (SSSR count). The van der Waals surface area contributed by atoms with Gasteiger partial charge in [0.25, 0.3) is 0 Å². The first-order chi connectivity index (χ1) is 9.13. The highest BCUT2D eigenvalue weighted by molar-refractivity contribution is 9.10. The maximum absolute atomic E-state index is 10.7. The lowest BCUT2D eigenvalue weighted by molar-refractivity contribution is 0.0342. The molecular weight excluding hydrogens is 306 g/mol. The summed E-state index contributed by atoms with van der Waals surface area (Å²) >= 11 is 3.41. The van der Waals surface area contributed by atoms with Crippen LogP contribution in [0.3, 0.4) is 0 Å². The van der Waals surface area contributed by atoms with Gasteiger partial charge >= 0.3 is 0 Å². The fourth-order valence-corrected chi connectivity index (χ4v) is 3.22. The Labute approximate surface area is 122 Å². The monoisotopic (exact) mass is 323 g/mol. The molecule has 0 aromatic heterocycles. The van der Waals surface area contributed by atoms with Crippen LogP contribution < -0.4 is 4.74 Å². The van der Waals surface area contributed by atoms with Crippen LogP contribution in [0.4, 0.5) is 0 Å². The first-order valence-electron chi connectivity index (χ1n) is 6.56. The van der Waals surface area contributed by atoms with Crippen LogP contribution in [0.1, 0.15) is 43.8 Å². The fraction of sp³-hybridized carbons (Fsp3) is 0.533. The minimum absolute atomic E-state index is 0.635. The van der Waals surface area contributed by atoms with Gasteiger partial charge in [-0.15, -0.1) is 0 Å². The standard InChI is InChI=1S/C15H18BrNO2/c1-19-13-6-5-11(16)9-12(13)14(18)15(10-17)7-3-2-4-8-15/h5-6,9,14,18H,2-4,7-8H2,1H3. The molecule has 1 aromatic rings. The first kappa shape index (κ1) is 14.4. The van der Waals surface area contributed by atoms with E-state index in [4.69, 9.17) is 4.74 Å². The zero-order valence-corrected chi connectivity index (χ0v) is 12.6. The Kier molecular flexibility index (Phi) is 4.49. The van der Waals surface area contributed by atoms with Crippen LogP contribution in [0.2, 0.25) is 0 Å². The van der Waals surface area contributed by atoms with Gasteiger partial charge in [-0.05, 0) is 31.0 Å². The lowest BCUT2D eigenvalue weighted by Gasteiger charge is -2.35. The summed E-state index contributed by atoms with van der Waals surface area (Å²) < 4.78 is 6.19. The molecule has 1 aromatic carbocycles. The van der Waals surface area contributed by atoms with Crippen molar-refractivity contribution < 1.29 is 9.84 Å². The molecule has 1 atom stereocenters. The molecule has 1 saturated carbocycles. The third-order valence-electron chi connectivity index (χ3n) is 3.98. The number of nitrogens with zero attached hydrogens (tertiary/aromatic N) is 1. The molecular formula is C15H18BrNO2. The van der Waals surface area contributed by atoms with Gasteiger partial charge in [0.15, 0.2) is 0 Å². The smallest absolute Gasteiger partial charge is 0.124 e. The molecule has 0 heterocycles. The predicted molar refractivity (Wildman–Crippen MR) is 76.8 cm³/mol. The molecule has 1 unspecified atom stereocenters. The van der Waals surface area contributed by atoms with Gasteiger partial charge in [0.05, 0.1) is 18.6 Å². The topological polar surface area (TPSA) is 53.2 Å². The number of hydrogen-bond donors (Lipinski definition) is 1. The van der Waals surface area contributed by atoms with Gasteiger partial charge in [0.1, 0.15) is 11.9 Å². The van der Waals surface area contributed by atoms with E-state index in [-0.39, 0.29) is 0 Å². The Morgan fingerprint density at radius 3 is 2.63 bits per heavy atom. The molecule has 19 heavy (non-hydrogen) atoms. The molecule has 1 aliphatic rings. The zero-order valence-electron chi connectivity index (χ0n) is 11.0. The van der Waals surface area contributed by atoms with Crippen LogP contribution in [0.15, 0.2) is 22.7 Å². The van der Waals surface area contributed by atoms with E-state index in [9.17, 15) is 10.4 Å². The van der Waals surface area contributed by atoms with Crippen LogP contribution in [-0.4, -0.2) is 12.2 Å². The molecule has 0 spiro atoms. The van der Waals surface area contributed by atoms with Gasteiger partial charge in [-0.25, -0.2) is 0 Å². The van der Waals surface area contributed by atoms with Crippen molar-refractivity contribution in [2.45, 2.75) is 38.2 Å². The largest absolute Gasteiger partial charge is 0.496 e. The van der Waals surface area contributed by atoms with E-state index in [1.54, 1.807) is 7.11 Å². The van der Waals surface area contributed by atoms with Crippen LogP contribution in [0, 0.1) is 16.7 Å². The van der Waals surface area contributed by atoms with Crippen molar-refractivity contribution in [3.63, 3.8) is 0 Å². The zero-order chi connectivity index (χ0) is 13.9. The van der Waals surface area contributed by atoms with Gasteiger partial charge in [-0.2, -0.15) is 5.26 Å². The number of aliphatic hydroxyl groups is 1. The Balaban J connectivity index is 2.39. The molecule has 1 fully saturated rings. The number of rotatable bonds is 3. The summed E-state index contributed by atoms with van der Waals surface area (Å²) in [7, 11) is 1.58. The van der Waals surface area contributed by atoms with E-state index in [1.807, 2.05) is 18.2 Å². The van der Waals surface area contributed by atoms with E-state index >= 15 is 0 Å². The lowest BCUT2D eigenvalue weighted by Crippen LogP contribution is -2.30. The van der Waals surface area contributed by atoms with E-state index < -0.39 is 11.5 Å². The number of methoxy groups -OCH3 is 1.